The Morgan fingerprint density at radius 2 is 2.00 bits per heavy atom. The molecule has 5 heteroatoms. The smallest absolute Gasteiger partial charge is 0.132 e. The zero-order valence-electron chi connectivity index (χ0n) is 12.9. The monoisotopic (exact) mass is 318 g/mol. The van der Waals surface area contributed by atoms with Crippen LogP contribution in [-0.4, -0.2) is 36.1 Å². The molecule has 0 radical (unpaired) electrons. The minimum Gasteiger partial charge on any atom is -0.329 e. The fraction of sp³-hybridized carbons (Fsp3) is 0.353. The summed E-state index contributed by atoms with van der Waals surface area (Å²) in [7, 11) is 2.04. The average Bonchev–Trinajstić information content (AvgIpc) is 2.93. The zero-order chi connectivity index (χ0) is 14.7. The molecule has 2 N–H and O–H groups in total. The number of nitrogens with zero attached hydrogens (tertiary/aromatic N) is 3. The van der Waals surface area contributed by atoms with Crippen LogP contribution in [0.15, 0.2) is 48.7 Å². The van der Waals surface area contributed by atoms with Gasteiger partial charge in [0.25, 0.3) is 0 Å². The zero-order valence-corrected chi connectivity index (χ0v) is 13.7. The molecular formula is C17H23ClN4. The SMILES string of the molecule is CN(c1ccccc1)c1ccc(CN2CC[C@@H](N)C2)cn1.Cl. The highest BCUT2D eigenvalue weighted by Crippen LogP contribution is 2.21. The number of halogens is 1. The van der Waals surface area contributed by atoms with Crippen molar-refractivity contribution in [2.75, 3.05) is 25.0 Å². The van der Waals surface area contributed by atoms with Crippen LogP contribution >= 0.6 is 12.4 Å². The number of anilines is 2. The molecule has 1 atom stereocenters. The predicted molar refractivity (Wildman–Crippen MR) is 93.9 cm³/mol. The molecule has 1 aliphatic rings. The van der Waals surface area contributed by atoms with Crippen LogP contribution in [0.4, 0.5) is 11.5 Å². The number of benzene rings is 1. The first-order valence-electron chi connectivity index (χ1n) is 7.44. The molecule has 0 amide bonds. The third-order valence-electron chi connectivity index (χ3n) is 4.01. The van der Waals surface area contributed by atoms with Crippen LogP contribution in [0.25, 0.3) is 0 Å². The molecule has 2 aromatic rings. The molecule has 0 saturated carbocycles. The van der Waals surface area contributed by atoms with E-state index in [1.165, 1.54) is 5.56 Å². The second kappa shape index (κ2) is 7.58. The fourth-order valence-corrected chi connectivity index (χ4v) is 2.76. The first-order chi connectivity index (χ1) is 10.2. The summed E-state index contributed by atoms with van der Waals surface area (Å²) < 4.78 is 0. The Morgan fingerprint density at radius 3 is 2.59 bits per heavy atom. The van der Waals surface area contributed by atoms with E-state index in [0.29, 0.717) is 6.04 Å². The molecule has 0 spiro atoms. The van der Waals surface area contributed by atoms with Crippen LogP contribution in [0.1, 0.15) is 12.0 Å². The fourth-order valence-electron chi connectivity index (χ4n) is 2.76. The number of pyridine rings is 1. The van der Waals surface area contributed by atoms with Crippen LogP contribution in [-0.2, 0) is 6.54 Å². The average molecular weight is 319 g/mol. The summed E-state index contributed by atoms with van der Waals surface area (Å²) >= 11 is 0. The topological polar surface area (TPSA) is 45.4 Å². The van der Waals surface area contributed by atoms with Crippen molar-refractivity contribution in [2.45, 2.75) is 19.0 Å². The van der Waals surface area contributed by atoms with E-state index in [2.05, 4.69) is 39.0 Å². The van der Waals surface area contributed by atoms with Gasteiger partial charge in [-0.15, -0.1) is 12.4 Å². The highest BCUT2D eigenvalue weighted by atomic mass is 35.5. The molecule has 1 aliphatic heterocycles. The molecular weight excluding hydrogens is 296 g/mol. The molecule has 1 aromatic carbocycles. The van der Waals surface area contributed by atoms with E-state index in [-0.39, 0.29) is 12.4 Å². The Bertz CT molecular complexity index is 573. The van der Waals surface area contributed by atoms with Gasteiger partial charge < -0.3 is 10.6 Å². The molecule has 0 unspecified atom stereocenters. The molecule has 4 nitrogen and oxygen atoms in total. The molecule has 1 saturated heterocycles. The highest BCUT2D eigenvalue weighted by Gasteiger charge is 2.18. The van der Waals surface area contributed by atoms with Gasteiger partial charge in [-0.05, 0) is 30.2 Å². The number of likely N-dealkylation sites (tertiary alicyclic amines) is 1. The first kappa shape index (κ1) is 16.7. The van der Waals surface area contributed by atoms with Gasteiger partial charge in [-0.25, -0.2) is 4.98 Å². The van der Waals surface area contributed by atoms with Gasteiger partial charge in [-0.1, -0.05) is 24.3 Å². The molecule has 1 fully saturated rings. The van der Waals surface area contributed by atoms with Crippen molar-refractivity contribution < 1.29 is 0 Å². The first-order valence-corrected chi connectivity index (χ1v) is 7.44. The van der Waals surface area contributed by atoms with Gasteiger partial charge in [0.05, 0.1) is 0 Å². The van der Waals surface area contributed by atoms with Crippen molar-refractivity contribution in [3.8, 4) is 0 Å². The van der Waals surface area contributed by atoms with Crippen LogP contribution in [0.3, 0.4) is 0 Å². The van der Waals surface area contributed by atoms with Crippen molar-refractivity contribution in [1.82, 2.24) is 9.88 Å². The lowest BCUT2D eigenvalue weighted by Gasteiger charge is -2.19. The maximum Gasteiger partial charge on any atom is 0.132 e. The lowest BCUT2D eigenvalue weighted by molar-refractivity contribution is 0.326. The lowest BCUT2D eigenvalue weighted by atomic mass is 10.2. The molecule has 3 rings (SSSR count). The molecule has 2 heterocycles. The highest BCUT2D eigenvalue weighted by molar-refractivity contribution is 5.85. The van der Waals surface area contributed by atoms with E-state index in [9.17, 15) is 0 Å². The summed E-state index contributed by atoms with van der Waals surface area (Å²) in [6.07, 6.45) is 3.07. The molecule has 22 heavy (non-hydrogen) atoms. The summed E-state index contributed by atoms with van der Waals surface area (Å²) in [6, 6.07) is 14.8. The largest absolute Gasteiger partial charge is 0.329 e. The normalized spacial score (nSPS) is 18.0. The molecule has 118 valence electrons. The summed E-state index contributed by atoms with van der Waals surface area (Å²) in [6.45, 7) is 3.02. The van der Waals surface area contributed by atoms with Gasteiger partial charge in [0.2, 0.25) is 0 Å². The minimum atomic E-state index is 0. The van der Waals surface area contributed by atoms with E-state index in [4.69, 9.17) is 5.73 Å². The third kappa shape index (κ3) is 3.97. The van der Waals surface area contributed by atoms with Gasteiger partial charge in [0.1, 0.15) is 5.82 Å². The van der Waals surface area contributed by atoms with E-state index in [0.717, 1.165) is 37.6 Å². The number of aromatic nitrogens is 1. The second-order valence-corrected chi connectivity index (χ2v) is 5.70. The van der Waals surface area contributed by atoms with Gasteiger partial charge in [0.15, 0.2) is 0 Å². The van der Waals surface area contributed by atoms with Gasteiger partial charge in [-0.3, -0.25) is 4.90 Å². The lowest BCUT2D eigenvalue weighted by Crippen LogP contribution is -2.26. The number of rotatable bonds is 4. The van der Waals surface area contributed by atoms with Crippen LogP contribution in [0, 0.1) is 0 Å². The maximum absolute atomic E-state index is 5.94. The second-order valence-electron chi connectivity index (χ2n) is 5.70. The Morgan fingerprint density at radius 1 is 1.23 bits per heavy atom. The Balaban J connectivity index is 0.00000176. The molecule has 0 aliphatic carbocycles. The summed E-state index contributed by atoms with van der Waals surface area (Å²) in [5.74, 6) is 0.961. The predicted octanol–water partition coefficient (Wildman–Crippen LogP) is 2.80. The Hall–Kier alpha value is -1.62. The third-order valence-corrected chi connectivity index (χ3v) is 4.01. The van der Waals surface area contributed by atoms with E-state index in [1.54, 1.807) is 0 Å². The maximum atomic E-state index is 5.94. The van der Waals surface area contributed by atoms with Crippen molar-refractivity contribution in [3.63, 3.8) is 0 Å². The summed E-state index contributed by atoms with van der Waals surface area (Å²) in [5, 5.41) is 0. The summed E-state index contributed by atoms with van der Waals surface area (Å²) in [4.78, 5) is 9.07. The van der Waals surface area contributed by atoms with Crippen LogP contribution < -0.4 is 10.6 Å². The van der Waals surface area contributed by atoms with Crippen molar-refractivity contribution in [2.24, 2.45) is 5.73 Å². The Labute approximate surface area is 138 Å². The molecule has 0 bridgehead atoms. The van der Waals surface area contributed by atoms with E-state index < -0.39 is 0 Å². The Kier molecular flexibility index (Phi) is 5.77. The van der Waals surface area contributed by atoms with Gasteiger partial charge in [0, 0.05) is 44.6 Å². The van der Waals surface area contributed by atoms with Crippen molar-refractivity contribution >= 4 is 23.9 Å². The standard InChI is InChI=1S/C17H22N4.ClH/c1-20(16-5-3-2-4-6-16)17-8-7-14(11-19-17)12-21-10-9-15(18)13-21;/h2-8,11,15H,9-10,12-13,18H2,1H3;1H/t15-;/m1./s1. The van der Waals surface area contributed by atoms with E-state index >= 15 is 0 Å². The van der Waals surface area contributed by atoms with Crippen LogP contribution in [0.5, 0.6) is 0 Å². The van der Waals surface area contributed by atoms with Gasteiger partial charge in [-0.2, -0.15) is 0 Å². The number of hydrogen-bond acceptors (Lipinski definition) is 4. The van der Waals surface area contributed by atoms with Crippen molar-refractivity contribution in [1.29, 1.82) is 0 Å². The van der Waals surface area contributed by atoms with E-state index in [1.807, 2.05) is 31.4 Å². The minimum absolute atomic E-state index is 0. The molecule has 1 aromatic heterocycles. The van der Waals surface area contributed by atoms with Gasteiger partial charge >= 0.3 is 0 Å². The van der Waals surface area contributed by atoms with Crippen molar-refractivity contribution in [3.05, 3.63) is 54.2 Å². The number of para-hydroxylation sites is 1. The van der Waals surface area contributed by atoms with Crippen LogP contribution in [0.2, 0.25) is 0 Å². The number of nitrogens with two attached hydrogens (primary N) is 1. The summed E-state index contributed by atoms with van der Waals surface area (Å²) in [5.41, 5.74) is 8.33. The number of hydrogen-bond donors (Lipinski definition) is 1. The quantitative estimate of drug-likeness (QED) is 0.941.